The first-order chi connectivity index (χ1) is 5.38. The van der Waals surface area contributed by atoms with Gasteiger partial charge in [0.15, 0.2) is 5.60 Å². The van der Waals surface area contributed by atoms with E-state index in [-0.39, 0.29) is 17.5 Å². The highest BCUT2D eigenvalue weighted by atomic mass is 16.7. The van der Waals surface area contributed by atoms with E-state index in [1.54, 1.807) is 0 Å². The third kappa shape index (κ3) is 0.959. The van der Waals surface area contributed by atoms with E-state index >= 15 is 0 Å². The molecule has 12 heavy (non-hydrogen) atoms. The number of methoxy groups -OCH3 is 1. The van der Waals surface area contributed by atoms with Gasteiger partial charge in [-0.2, -0.15) is 0 Å². The van der Waals surface area contributed by atoms with E-state index in [0.29, 0.717) is 0 Å². The summed E-state index contributed by atoms with van der Waals surface area (Å²) in [6.07, 6.45) is 0. The number of esters is 1. The fourth-order valence-electron chi connectivity index (χ4n) is 1.86. The third-order valence-corrected chi connectivity index (χ3v) is 2.57. The van der Waals surface area contributed by atoms with Gasteiger partial charge in [-0.05, 0) is 19.8 Å². The number of hydrogen-bond acceptors (Lipinski definition) is 3. The molecule has 1 unspecified atom stereocenters. The van der Waals surface area contributed by atoms with Crippen LogP contribution in [0, 0.1) is 5.92 Å². The van der Waals surface area contributed by atoms with Crippen molar-refractivity contribution in [2.75, 3.05) is 7.11 Å². The molecule has 1 aliphatic heterocycles. The number of carbonyl (C=O) groups excluding carboxylic acids is 1. The Labute approximate surface area is 73.0 Å². The van der Waals surface area contributed by atoms with Gasteiger partial charge in [-0.25, -0.2) is 4.79 Å². The molecule has 1 saturated heterocycles. The van der Waals surface area contributed by atoms with Crippen molar-refractivity contribution in [3.05, 3.63) is 0 Å². The van der Waals surface area contributed by atoms with E-state index in [4.69, 9.17) is 9.47 Å². The first-order valence-corrected chi connectivity index (χ1v) is 4.17. The van der Waals surface area contributed by atoms with Crippen molar-refractivity contribution < 1.29 is 14.3 Å². The zero-order chi connectivity index (χ0) is 9.57. The van der Waals surface area contributed by atoms with Crippen molar-refractivity contribution in [2.45, 2.75) is 38.9 Å². The molecule has 1 heterocycles. The summed E-state index contributed by atoms with van der Waals surface area (Å²) in [5.41, 5.74) is -1.07. The Morgan fingerprint density at radius 1 is 1.42 bits per heavy atom. The van der Waals surface area contributed by atoms with Gasteiger partial charge >= 0.3 is 5.97 Å². The lowest BCUT2D eigenvalue weighted by Crippen LogP contribution is -2.37. The molecule has 3 heteroatoms. The van der Waals surface area contributed by atoms with Gasteiger partial charge in [0.1, 0.15) is 5.60 Å². The normalized spacial score (nSPS) is 31.8. The standard InChI is InChI=1S/C9H16O3/c1-6(2)9(7(10)11-5)8(3,4)12-9/h6H,1-5H3. The van der Waals surface area contributed by atoms with Crippen LogP contribution in [0.4, 0.5) is 0 Å². The van der Waals surface area contributed by atoms with Gasteiger partial charge in [0, 0.05) is 0 Å². The number of rotatable bonds is 2. The van der Waals surface area contributed by atoms with E-state index in [2.05, 4.69) is 0 Å². The van der Waals surface area contributed by atoms with Crippen LogP contribution in [0.3, 0.4) is 0 Å². The fraction of sp³-hybridized carbons (Fsp3) is 0.889. The number of epoxide rings is 1. The van der Waals surface area contributed by atoms with Crippen LogP contribution >= 0.6 is 0 Å². The Hall–Kier alpha value is -0.570. The SMILES string of the molecule is COC(=O)C1(C(C)C)OC1(C)C. The predicted molar refractivity (Wildman–Crippen MR) is 44.7 cm³/mol. The topological polar surface area (TPSA) is 38.8 Å². The van der Waals surface area contributed by atoms with Crippen molar-refractivity contribution in [1.82, 2.24) is 0 Å². The summed E-state index contributed by atoms with van der Waals surface area (Å²) in [4.78, 5) is 11.4. The Morgan fingerprint density at radius 3 is 1.92 bits per heavy atom. The Kier molecular flexibility index (Phi) is 1.95. The van der Waals surface area contributed by atoms with Gasteiger partial charge < -0.3 is 9.47 Å². The largest absolute Gasteiger partial charge is 0.467 e. The molecule has 0 aromatic heterocycles. The lowest BCUT2D eigenvalue weighted by molar-refractivity contribution is -0.148. The summed E-state index contributed by atoms with van der Waals surface area (Å²) >= 11 is 0. The minimum absolute atomic E-state index is 0.153. The van der Waals surface area contributed by atoms with Crippen molar-refractivity contribution in [3.63, 3.8) is 0 Å². The first-order valence-electron chi connectivity index (χ1n) is 4.17. The molecule has 1 atom stereocenters. The minimum atomic E-state index is -0.707. The number of hydrogen-bond donors (Lipinski definition) is 0. The molecule has 0 saturated carbocycles. The quantitative estimate of drug-likeness (QED) is 0.466. The van der Waals surface area contributed by atoms with Gasteiger partial charge in [-0.3, -0.25) is 0 Å². The monoisotopic (exact) mass is 172 g/mol. The van der Waals surface area contributed by atoms with Crippen LogP contribution in [0.2, 0.25) is 0 Å². The zero-order valence-electron chi connectivity index (χ0n) is 8.30. The molecule has 0 radical (unpaired) electrons. The van der Waals surface area contributed by atoms with Crippen LogP contribution in [-0.4, -0.2) is 24.3 Å². The second kappa shape index (κ2) is 2.46. The summed E-state index contributed by atoms with van der Waals surface area (Å²) in [7, 11) is 1.39. The third-order valence-electron chi connectivity index (χ3n) is 2.57. The highest BCUT2D eigenvalue weighted by Crippen LogP contribution is 2.53. The number of carbonyl (C=O) groups is 1. The van der Waals surface area contributed by atoms with E-state index in [1.165, 1.54) is 7.11 Å². The smallest absolute Gasteiger partial charge is 0.341 e. The molecule has 0 bridgehead atoms. The van der Waals surface area contributed by atoms with E-state index in [0.717, 1.165) is 0 Å². The van der Waals surface area contributed by atoms with Crippen LogP contribution in [0.5, 0.6) is 0 Å². The minimum Gasteiger partial charge on any atom is -0.467 e. The van der Waals surface area contributed by atoms with Gasteiger partial charge in [0.25, 0.3) is 0 Å². The van der Waals surface area contributed by atoms with Crippen LogP contribution in [0.15, 0.2) is 0 Å². The van der Waals surface area contributed by atoms with Crippen LogP contribution < -0.4 is 0 Å². The van der Waals surface area contributed by atoms with Gasteiger partial charge in [-0.15, -0.1) is 0 Å². The maximum absolute atomic E-state index is 11.4. The molecule has 0 aliphatic carbocycles. The van der Waals surface area contributed by atoms with E-state index in [1.807, 2.05) is 27.7 Å². The maximum Gasteiger partial charge on any atom is 0.341 e. The Bertz CT molecular complexity index is 208. The van der Waals surface area contributed by atoms with Gasteiger partial charge in [0.2, 0.25) is 0 Å². The highest BCUT2D eigenvalue weighted by molar-refractivity contribution is 5.84. The molecule has 70 valence electrons. The van der Waals surface area contributed by atoms with Gasteiger partial charge in [0.05, 0.1) is 7.11 Å². The number of ether oxygens (including phenoxy) is 2. The summed E-state index contributed by atoms with van der Waals surface area (Å²) in [6, 6.07) is 0. The molecule has 0 spiro atoms. The molecule has 1 fully saturated rings. The predicted octanol–water partition coefficient (Wildman–Crippen LogP) is 1.36. The second-order valence-corrected chi connectivity index (χ2v) is 3.99. The summed E-state index contributed by atoms with van der Waals surface area (Å²) in [5, 5.41) is 0. The fourth-order valence-corrected chi connectivity index (χ4v) is 1.86. The lowest BCUT2D eigenvalue weighted by Gasteiger charge is -2.15. The first kappa shape index (κ1) is 9.52. The molecule has 3 nitrogen and oxygen atoms in total. The second-order valence-electron chi connectivity index (χ2n) is 3.99. The Balaban J connectivity index is 2.87. The van der Waals surface area contributed by atoms with Crippen molar-refractivity contribution >= 4 is 5.97 Å². The van der Waals surface area contributed by atoms with E-state index in [9.17, 15) is 4.79 Å². The lowest BCUT2D eigenvalue weighted by atomic mass is 9.85. The van der Waals surface area contributed by atoms with Crippen molar-refractivity contribution in [2.24, 2.45) is 5.92 Å². The maximum atomic E-state index is 11.4. The van der Waals surface area contributed by atoms with Crippen LogP contribution in [-0.2, 0) is 14.3 Å². The van der Waals surface area contributed by atoms with E-state index < -0.39 is 5.60 Å². The molecular formula is C9H16O3. The summed E-state index contributed by atoms with van der Waals surface area (Å²) < 4.78 is 10.1. The molecule has 1 rings (SSSR count). The molecule has 0 amide bonds. The van der Waals surface area contributed by atoms with Crippen LogP contribution in [0.1, 0.15) is 27.7 Å². The average Bonchev–Trinajstić information content (AvgIpc) is 2.54. The molecule has 0 N–H and O–H groups in total. The van der Waals surface area contributed by atoms with Crippen LogP contribution in [0.25, 0.3) is 0 Å². The van der Waals surface area contributed by atoms with Crippen molar-refractivity contribution in [3.8, 4) is 0 Å². The van der Waals surface area contributed by atoms with Crippen molar-refractivity contribution in [1.29, 1.82) is 0 Å². The zero-order valence-corrected chi connectivity index (χ0v) is 8.30. The molecule has 0 aromatic carbocycles. The van der Waals surface area contributed by atoms with Gasteiger partial charge in [-0.1, -0.05) is 13.8 Å². The Morgan fingerprint density at radius 2 is 1.83 bits per heavy atom. The molecular weight excluding hydrogens is 156 g/mol. The molecule has 1 aliphatic rings. The highest BCUT2D eigenvalue weighted by Gasteiger charge is 2.71. The average molecular weight is 172 g/mol. The summed E-state index contributed by atoms with van der Waals surface area (Å²) in [6.45, 7) is 7.74. The molecule has 0 aromatic rings. The summed E-state index contributed by atoms with van der Waals surface area (Å²) in [5.74, 6) is -0.109.